The average Bonchev–Trinajstić information content (AvgIpc) is 3.16. The van der Waals surface area contributed by atoms with Crippen molar-refractivity contribution >= 4 is 17.9 Å². The first-order valence-electron chi connectivity index (χ1n) is 9.16. The number of hydrogen-bond donors (Lipinski definition) is 1. The van der Waals surface area contributed by atoms with Crippen LogP contribution in [-0.2, 0) is 4.74 Å². The number of rotatable bonds is 2. The first kappa shape index (κ1) is 17.4. The monoisotopic (exact) mass is 369 g/mol. The average molecular weight is 369 g/mol. The largest absolute Gasteiger partial charge is 0.441 e. The zero-order valence-electron chi connectivity index (χ0n) is 15.3. The van der Waals surface area contributed by atoms with Crippen LogP contribution in [0.5, 0.6) is 0 Å². The summed E-state index contributed by atoms with van der Waals surface area (Å²) in [4.78, 5) is 27.9. The number of likely N-dealkylation sites (tertiary alicyclic amines) is 1. The molecule has 1 N–H and O–H groups in total. The van der Waals surface area contributed by atoms with Crippen LogP contribution in [0, 0.1) is 0 Å². The Kier molecular flexibility index (Phi) is 4.47. The molecule has 1 aromatic heterocycles. The molecule has 3 amide bonds. The van der Waals surface area contributed by atoms with Crippen molar-refractivity contribution in [3.8, 4) is 5.69 Å². The Labute approximate surface area is 157 Å². The quantitative estimate of drug-likeness (QED) is 0.883. The number of benzene rings is 1. The summed E-state index contributed by atoms with van der Waals surface area (Å²) >= 11 is 0. The van der Waals surface area contributed by atoms with Gasteiger partial charge in [0.05, 0.1) is 18.4 Å². The zero-order valence-corrected chi connectivity index (χ0v) is 15.3. The predicted molar refractivity (Wildman–Crippen MR) is 99.8 cm³/mol. The normalized spacial score (nSPS) is 22.6. The second-order valence-electron chi connectivity index (χ2n) is 7.14. The van der Waals surface area contributed by atoms with Crippen molar-refractivity contribution in [2.75, 3.05) is 32.0 Å². The molecule has 2 fully saturated rings. The van der Waals surface area contributed by atoms with Crippen LogP contribution < -0.4 is 5.32 Å². The minimum Gasteiger partial charge on any atom is -0.441 e. The molecular weight excluding hydrogens is 346 g/mol. The molecule has 8 heteroatoms. The molecule has 1 spiro atoms. The molecule has 0 aliphatic carbocycles. The van der Waals surface area contributed by atoms with Gasteiger partial charge < -0.3 is 14.5 Å². The first-order valence-corrected chi connectivity index (χ1v) is 9.16. The molecule has 0 unspecified atom stereocenters. The minimum absolute atomic E-state index is 0.164. The second-order valence-corrected chi connectivity index (χ2v) is 7.14. The van der Waals surface area contributed by atoms with Crippen molar-refractivity contribution in [3.63, 3.8) is 0 Å². The SMILES string of the molecule is CN1C[C@@]2(CCCN(C(=O)Nc3ccnn3-c3ccccc3)CC2)OC1=O. The van der Waals surface area contributed by atoms with Gasteiger partial charge in [-0.1, -0.05) is 18.2 Å². The third-order valence-corrected chi connectivity index (χ3v) is 5.20. The molecule has 4 rings (SSSR count). The fraction of sp³-hybridized carbons (Fsp3) is 0.421. The van der Waals surface area contributed by atoms with E-state index in [2.05, 4.69) is 10.4 Å². The van der Waals surface area contributed by atoms with Crippen LogP contribution in [-0.4, -0.2) is 64.0 Å². The van der Waals surface area contributed by atoms with Gasteiger partial charge in [0.2, 0.25) is 0 Å². The Bertz CT molecular complexity index is 837. The van der Waals surface area contributed by atoms with E-state index in [1.54, 1.807) is 33.8 Å². The summed E-state index contributed by atoms with van der Waals surface area (Å²) in [6.45, 7) is 1.77. The maximum absolute atomic E-state index is 12.8. The Morgan fingerprint density at radius 1 is 1.19 bits per heavy atom. The lowest BCUT2D eigenvalue weighted by Gasteiger charge is -2.25. The maximum atomic E-state index is 12.8. The smallest absolute Gasteiger partial charge is 0.410 e. The third kappa shape index (κ3) is 3.47. The van der Waals surface area contributed by atoms with E-state index in [4.69, 9.17) is 4.74 Å². The number of nitrogens with zero attached hydrogens (tertiary/aromatic N) is 4. The highest BCUT2D eigenvalue weighted by molar-refractivity contribution is 5.88. The number of carbonyl (C=O) groups excluding carboxylic acids is 2. The van der Waals surface area contributed by atoms with Gasteiger partial charge in [-0.3, -0.25) is 5.32 Å². The fourth-order valence-electron chi connectivity index (χ4n) is 3.78. The number of para-hydroxylation sites is 1. The van der Waals surface area contributed by atoms with E-state index in [-0.39, 0.29) is 12.1 Å². The molecule has 8 nitrogen and oxygen atoms in total. The van der Waals surface area contributed by atoms with Crippen LogP contribution in [0.25, 0.3) is 5.69 Å². The van der Waals surface area contributed by atoms with Crippen LogP contribution in [0.15, 0.2) is 42.6 Å². The summed E-state index contributed by atoms with van der Waals surface area (Å²) in [7, 11) is 1.75. The molecule has 142 valence electrons. The predicted octanol–water partition coefficient (Wildman–Crippen LogP) is 2.71. The molecule has 2 aromatic rings. The first-order chi connectivity index (χ1) is 13.1. The molecule has 3 heterocycles. The second kappa shape index (κ2) is 6.94. The third-order valence-electron chi connectivity index (χ3n) is 5.20. The Morgan fingerprint density at radius 3 is 2.74 bits per heavy atom. The van der Waals surface area contributed by atoms with E-state index in [0.29, 0.717) is 31.9 Å². The van der Waals surface area contributed by atoms with Gasteiger partial charge in [-0.15, -0.1) is 0 Å². The van der Waals surface area contributed by atoms with E-state index in [1.807, 2.05) is 30.3 Å². The van der Waals surface area contributed by atoms with Crippen LogP contribution >= 0.6 is 0 Å². The van der Waals surface area contributed by atoms with E-state index in [9.17, 15) is 9.59 Å². The molecule has 0 radical (unpaired) electrons. The summed E-state index contributed by atoms with van der Waals surface area (Å²) < 4.78 is 7.31. The Morgan fingerprint density at radius 2 is 2.00 bits per heavy atom. The lowest BCUT2D eigenvalue weighted by atomic mass is 9.95. The Hall–Kier alpha value is -3.03. The molecule has 0 bridgehead atoms. The number of ether oxygens (including phenoxy) is 1. The van der Waals surface area contributed by atoms with Gasteiger partial charge in [0.15, 0.2) is 0 Å². The van der Waals surface area contributed by atoms with Crippen LogP contribution in [0.1, 0.15) is 19.3 Å². The molecule has 2 aliphatic rings. The lowest BCUT2D eigenvalue weighted by Crippen LogP contribution is -2.38. The highest BCUT2D eigenvalue weighted by Gasteiger charge is 2.44. The number of urea groups is 1. The van der Waals surface area contributed by atoms with Crippen LogP contribution in [0.2, 0.25) is 0 Å². The number of anilines is 1. The molecule has 2 aliphatic heterocycles. The van der Waals surface area contributed by atoms with Gasteiger partial charge in [0, 0.05) is 32.6 Å². The van der Waals surface area contributed by atoms with Crippen molar-refractivity contribution in [1.82, 2.24) is 19.6 Å². The molecular formula is C19H23N5O3. The van der Waals surface area contributed by atoms with Crippen molar-refractivity contribution in [3.05, 3.63) is 42.6 Å². The minimum atomic E-state index is -0.466. The van der Waals surface area contributed by atoms with E-state index >= 15 is 0 Å². The summed E-state index contributed by atoms with van der Waals surface area (Å²) in [6, 6.07) is 11.3. The topological polar surface area (TPSA) is 79.7 Å². The van der Waals surface area contributed by atoms with E-state index in [1.165, 1.54) is 0 Å². The molecule has 1 atom stereocenters. The van der Waals surface area contributed by atoms with Crippen molar-refractivity contribution in [1.29, 1.82) is 0 Å². The highest BCUT2D eigenvalue weighted by Crippen LogP contribution is 2.32. The molecule has 2 saturated heterocycles. The van der Waals surface area contributed by atoms with Gasteiger partial charge in [-0.2, -0.15) is 5.10 Å². The van der Waals surface area contributed by atoms with Gasteiger partial charge in [-0.05, 0) is 25.0 Å². The van der Waals surface area contributed by atoms with Crippen molar-refractivity contribution in [2.45, 2.75) is 24.9 Å². The van der Waals surface area contributed by atoms with Gasteiger partial charge in [0.1, 0.15) is 11.4 Å². The van der Waals surface area contributed by atoms with Gasteiger partial charge in [-0.25, -0.2) is 14.3 Å². The number of hydrogen-bond acceptors (Lipinski definition) is 4. The fourth-order valence-corrected chi connectivity index (χ4v) is 3.78. The van der Waals surface area contributed by atoms with Crippen LogP contribution in [0.4, 0.5) is 15.4 Å². The van der Waals surface area contributed by atoms with E-state index in [0.717, 1.165) is 18.5 Å². The summed E-state index contributed by atoms with van der Waals surface area (Å²) in [5, 5.41) is 7.25. The van der Waals surface area contributed by atoms with E-state index < -0.39 is 5.60 Å². The van der Waals surface area contributed by atoms with Crippen LogP contribution in [0.3, 0.4) is 0 Å². The van der Waals surface area contributed by atoms with Gasteiger partial charge >= 0.3 is 12.1 Å². The van der Waals surface area contributed by atoms with Crippen molar-refractivity contribution in [2.24, 2.45) is 0 Å². The maximum Gasteiger partial charge on any atom is 0.410 e. The number of likely N-dealkylation sites (N-methyl/N-ethyl adjacent to an activating group) is 1. The molecule has 0 saturated carbocycles. The summed E-state index contributed by atoms with van der Waals surface area (Å²) in [5.41, 5.74) is 0.417. The Balaban J connectivity index is 1.43. The van der Waals surface area contributed by atoms with Crippen molar-refractivity contribution < 1.29 is 14.3 Å². The molecule has 1 aromatic carbocycles. The standard InChI is InChI=1S/C19H23N5O3/c1-22-14-19(27-18(22)26)9-5-12-23(13-10-19)17(25)21-16-8-11-20-24(16)15-6-3-2-4-7-15/h2-4,6-8,11H,5,9-10,12-14H2,1H3,(H,21,25)/t19-/m0/s1. The molecule has 27 heavy (non-hydrogen) atoms. The number of amides is 3. The lowest BCUT2D eigenvalue weighted by molar-refractivity contribution is 0.0454. The number of aromatic nitrogens is 2. The number of carbonyl (C=O) groups is 2. The summed E-state index contributed by atoms with van der Waals surface area (Å²) in [6.07, 6.45) is 3.60. The summed E-state index contributed by atoms with van der Waals surface area (Å²) in [5.74, 6) is 0.622. The zero-order chi connectivity index (χ0) is 18.9. The van der Waals surface area contributed by atoms with Gasteiger partial charge in [0.25, 0.3) is 0 Å². The number of nitrogens with one attached hydrogen (secondary N) is 1. The highest BCUT2D eigenvalue weighted by atomic mass is 16.6.